The van der Waals surface area contributed by atoms with E-state index in [1.165, 1.54) is 10.6 Å². The molecule has 0 fully saturated rings. The predicted octanol–water partition coefficient (Wildman–Crippen LogP) is 2.46. The molecular weight excluding hydrogens is 300 g/mol. The van der Waals surface area contributed by atoms with E-state index in [0.717, 1.165) is 11.1 Å². The first-order valence-electron chi connectivity index (χ1n) is 7.70. The van der Waals surface area contributed by atoms with Gasteiger partial charge in [0.1, 0.15) is 0 Å². The number of nitrogens with two attached hydrogens (primary N) is 1. The number of nitriles is 1. The molecule has 0 bridgehead atoms. The number of anilines is 1. The molecule has 1 aromatic heterocycles. The van der Waals surface area contributed by atoms with E-state index in [1.54, 1.807) is 7.05 Å². The van der Waals surface area contributed by atoms with E-state index >= 15 is 0 Å². The molecule has 1 aliphatic carbocycles. The fraction of sp³-hybridized carbons (Fsp3) is 0.211. The Bertz CT molecular complexity index is 919. The highest BCUT2D eigenvalue weighted by atomic mass is 16.1. The van der Waals surface area contributed by atoms with Crippen molar-refractivity contribution < 1.29 is 0 Å². The van der Waals surface area contributed by atoms with Crippen LogP contribution in [0.4, 0.5) is 5.95 Å². The van der Waals surface area contributed by atoms with Crippen LogP contribution < -0.4 is 11.3 Å². The van der Waals surface area contributed by atoms with Crippen LogP contribution in [-0.2, 0) is 13.5 Å². The molecule has 3 rings (SSSR count). The molecule has 0 spiro atoms. The summed E-state index contributed by atoms with van der Waals surface area (Å²) in [5, 5.41) is 9.79. The van der Waals surface area contributed by atoms with Gasteiger partial charge >= 0.3 is 0 Å². The van der Waals surface area contributed by atoms with Gasteiger partial charge in [-0.15, -0.1) is 0 Å². The lowest BCUT2D eigenvalue weighted by molar-refractivity contribution is 0.506. The van der Waals surface area contributed by atoms with Crippen molar-refractivity contribution in [3.63, 3.8) is 0 Å². The molecule has 0 amide bonds. The van der Waals surface area contributed by atoms with Gasteiger partial charge in [0.05, 0.1) is 17.2 Å². The molecule has 1 heterocycles. The quantitative estimate of drug-likeness (QED) is 0.942. The zero-order valence-electron chi connectivity index (χ0n) is 13.4. The van der Waals surface area contributed by atoms with Crippen LogP contribution in [0.1, 0.15) is 17.7 Å². The van der Waals surface area contributed by atoms with Crippen LogP contribution in [0.25, 0.3) is 5.57 Å². The number of rotatable bonds is 3. The summed E-state index contributed by atoms with van der Waals surface area (Å²) < 4.78 is 1.29. The van der Waals surface area contributed by atoms with Gasteiger partial charge in [-0.25, -0.2) is 4.98 Å². The first kappa shape index (κ1) is 15.8. The number of nitrogen functional groups attached to an aromatic ring is 1. The average molecular weight is 318 g/mol. The third-order valence-corrected chi connectivity index (χ3v) is 4.30. The normalized spacial score (nSPS) is 19.6. The van der Waals surface area contributed by atoms with Crippen LogP contribution in [0.3, 0.4) is 0 Å². The van der Waals surface area contributed by atoms with Gasteiger partial charge in [0.2, 0.25) is 5.95 Å². The monoisotopic (exact) mass is 318 g/mol. The van der Waals surface area contributed by atoms with Gasteiger partial charge < -0.3 is 5.73 Å². The standard InChI is InChI=1S/C19H18N4O/c1-23-17(24)10-16(22-18(23)21)12-19(13-20)9-5-8-15(11-19)14-6-3-2-4-7-14/h2-10H,11-12H2,1H3,(H2,21,22). The molecular formula is C19H18N4O. The maximum absolute atomic E-state index is 11.9. The van der Waals surface area contributed by atoms with Gasteiger partial charge in [0.15, 0.2) is 0 Å². The number of nitrogens with zero attached hydrogens (tertiary/aromatic N) is 3. The Kier molecular flexibility index (Phi) is 4.05. The molecule has 1 aromatic carbocycles. The summed E-state index contributed by atoms with van der Waals surface area (Å²) in [5.41, 5.74) is 7.55. The Hall–Kier alpha value is -3.13. The molecule has 2 N–H and O–H groups in total. The Balaban J connectivity index is 1.92. The second-order valence-corrected chi connectivity index (χ2v) is 6.04. The van der Waals surface area contributed by atoms with E-state index in [-0.39, 0.29) is 11.5 Å². The topological polar surface area (TPSA) is 84.7 Å². The van der Waals surface area contributed by atoms with Crippen LogP contribution in [0.2, 0.25) is 0 Å². The van der Waals surface area contributed by atoms with Gasteiger partial charge in [0.25, 0.3) is 5.56 Å². The highest BCUT2D eigenvalue weighted by Crippen LogP contribution is 2.38. The Labute approximate surface area is 140 Å². The second-order valence-electron chi connectivity index (χ2n) is 6.04. The number of hydrogen-bond donors (Lipinski definition) is 1. The number of aromatic nitrogens is 2. The number of benzene rings is 1. The minimum atomic E-state index is -0.730. The maximum atomic E-state index is 11.9. The van der Waals surface area contributed by atoms with E-state index in [4.69, 9.17) is 5.73 Å². The second kappa shape index (κ2) is 6.17. The SMILES string of the molecule is Cn1c(N)nc(CC2(C#N)C=CC=C(c3ccccc3)C2)cc1=O. The van der Waals surface area contributed by atoms with E-state index in [0.29, 0.717) is 18.5 Å². The third kappa shape index (κ3) is 2.99. The number of allylic oxidation sites excluding steroid dienone is 4. The first-order chi connectivity index (χ1) is 11.5. The zero-order valence-corrected chi connectivity index (χ0v) is 13.4. The molecule has 1 aliphatic rings. The van der Waals surface area contributed by atoms with Crippen molar-refractivity contribution in [3.8, 4) is 6.07 Å². The average Bonchev–Trinajstić information content (AvgIpc) is 2.60. The Morgan fingerprint density at radius 3 is 2.79 bits per heavy atom. The lowest BCUT2D eigenvalue weighted by atomic mass is 9.74. The molecule has 1 unspecified atom stereocenters. The van der Waals surface area contributed by atoms with E-state index in [9.17, 15) is 10.1 Å². The molecule has 120 valence electrons. The lowest BCUT2D eigenvalue weighted by Crippen LogP contribution is -2.26. The molecule has 1 atom stereocenters. The van der Waals surface area contributed by atoms with Gasteiger partial charge in [-0.2, -0.15) is 5.26 Å². The largest absolute Gasteiger partial charge is 0.369 e. The van der Waals surface area contributed by atoms with Gasteiger partial charge in [0, 0.05) is 19.5 Å². The Morgan fingerprint density at radius 2 is 2.12 bits per heavy atom. The Morgan fingerprint density at radius 1 is 1.38 bits per heavy atom. The molecule has 0 saturated heterocycles. The molecule has 0 saturated carbocycles. The van der Waals surface area contributed by atoms with E-state index in [2.05, 4.69) is 11.1 Å². The van der Waals surface area contributed by atoms with Crippen LogP contribution >= 0.6 is 0 Å². The summed E-state index contributed by atoms with van der Waals surface area (Å²) in [6.07, 6.45) is 6.73. The summed E-state index contributed by atoms with van der Waals surface area (Å²) in [6, 6.07) is 13.8. The van der Waals surface area contributed by atoms with Crippen molar-refractivity contribution in [2.75, 3.05) is 5.73 Å². The maximum Gasteiger partial charge on any atom is 0.254 e. The van der Waals surface area contributed by atoms with Crippen molar-refractivity contribution in [3.05, 3.63) is 76.2 Å². The van der Waals surface area contributed by atoms with Gasteiger partial charge in [-0.05, 0) is 17.6 Å². The molecule has 24 heavy (non-hydrogen) atoms. The van der Waals surface area contributed by atoms with Crippen LogP contribution in [0.5, 0.6) is 0 Å². The van der Waals surface area contributed by atoms with Crippen molar-refractivity contribution in [2.45, 2.75) is 12.8 Å². The fourth-order valence-electron chi connectivity index (χ4n) is 2.91. The molecule has 0 aliphatic heterocycles. The highest BCUT2D eigenvalue weighted by molar-refractivity contribution is 5.70. The zero-order chi connectivity index (χ0) is 17.2. The van der Waals surface area contributed by atoms with Crippen LogP contribution in [0.15, 0.2) is 59.4 Å². The van der Waals surface area contributed by atoms with Crippen molar-refractivity contribution in [1.29, 1.82) is 5.26 Å². The van der Waals surface area contributed by atoms with Gasteiger partial charge in [-0.3, -0.25) is 9.36 Å². The van der Waals surface area contributed by atoms with E-state index < -0.39 is 5.41 Å². The third-order valence-electron chi connectivity index (χ3n) is 4.30. The molecule has 5 nitrogen and oxygen atoms in total. The van der Waals surface area contributed by atoms with Gasteiger partial charge in [-0.1, -0.05) is 48.6 Å². The summed E-state index contributed by atoms with van der Waals surface area (Å²) >= 11 is 0. The van der Waals surface area contributed by atoms with Crippen molar-refractivity contribution in [1.82, 2.24) is 9.55 Å². The highest BCUT2D eigenvalue weighted by Gasteiger charge is 2.31. The number of hydrogen-bond acceptors (Lipinski definition) is 4. The fourth-order valence-corrected chi connectivity index (χ4v) is 2.91. The predicted molar refractivity (Wildman–Crippen MR) is 93.8 cm³/mol. The summed E-state index contributed by atoms with van der Waals surface area (Å²) in [7, 11) is 1.57. The van der Waals surface area contributed by atoms with Crippen LogP contribution in [0, 0.1) is 16.7 Å². The summed E-state index contributed by atoms with van der Waals surface area (Å²) in [4.78, 5) is 16.2. The van der Waals surface area contributed by atoms with Crippen molar-refractivity contribution in [2.24, 2.45) is 12.5 Å². The summed E-state index contributed by atoms with van der Waals surface area (Å²) in [6.45, 7) is 0. The van der Waals surface area contributed by atoms with E-state index in [1.807, 2.05) is 48.6 Å². The summed E-state index contributed by atoms with van der Waals surface area (Å²) in [5.74, 6) is 0.157. The minimum Gasteiger partial charge on any atom is -0.369 e. The van der Waals surface area contributed by atoms with Crippen LogP contribution in [-0.4, -0.2) is 9.55 Å². The minimum absolute atomic E-state index is 0.157. The van der Waals surface area contributed by atoms with Crippen molar-refractivity contribution >= 4 is 11.5 Å². The molecule has 2 aromatic rings. The molecule has 5 heteroatoms. The smallest absolute Gasteiger partial charge is 0.254 e. The first-order valence-corrected chi connectivity index (χ1v) is 7.70. The molecule has 0 radical (unpaired) electrons. The lowest BCUT2D eigenvalue weighted by Gasteiger charge is -2.27.